The van der Waals surface area contributed by atoms with Crippen LogP contribution in [0.2, 0.25) is 0 Å². The predicted octanol–water partition coefficient (Wildman–Crippen LogP) is 2.34. The standard InChI is InChI=1S/C17H20N2O3/c1-12(15-9-4-5-10-18-15)19(2)17(21)16(20)13-7-6-8-14(11-13)22-3/h4-12,16,20H,1-3H3. The number of aliphatic hydroxyl groups is 1. The molecule has 5 heteroatoms. The number of aromatic nitrogens is 1. The number of ether oxygens (including phenoxy) is 1. The van der Waals surface area contributed by atoms with Gasteiger partial charge in [-0.2, -0.15) is 0 Å². The molecule has 2 unspecified atom stereocenters. The maximum atomic E-state index is 12.5. The number of amides is 1. The van der Waals surface area contributed by atoms with Crippen molar-refractivity contribution >= 4 is 5.91 Å². The van der Waals surface area contributed by atoms with Gasteiger partial charge < -0.3 is 14.7 Å². The summed E-state index contributed by atoms with van der Waals surface area (Å²) in [6.07, 6.45) is 0.453. The maximum Gasteiger partial charge on any atom is 0.256 e. The van der Waals surface area contributed by atoms with Gasteiger partial charge in [-0.15, -0.1) is 0 Å². The third-order valence-electron chi connectivity index (χ3n) is 3.69. The van der Waals surface area contributed by atoms with Crippen molar-refractivity contribution in [2.75, 3.05) is 14.2 Å². The summed E-state index contributed by atoms with van der Waals surface area (Å²) < 4.78 is 5.12. The van der Waals surface area contributed by atoms with E-state index in [1.54, 1.807) is 44.6 Å². The lowest BCUT2D eigenvalue weighted by Crippen LogP contribution is -2.34. The van der Waals surface area contributed by atoms with Crippen molar-refractivity contribution in [3.63, 3.8) is 0 Å². The van der Waals surface area contributed by atoms with E-state index in [0.717, 1.165) is 5.69 Å². The fraction of sp³-hybridized carbons (Fsp3) is 0.294. The van der Waals surface area contributed by atoms with Crippen LogP contribution in [-0.2, 0) is 4.79 Å². The molecule has 0 aliphatic rings. The average molecular weight is 300 g/mol. The highest BCUT2D eigenvalue weighted by Crippen LogP contribution is 2.24. The third kappa shape index (κ3) is 3.43. The fourth-order valence-electron chi connectivity index (χ4n) is 2.16. The number of aliphatic hydroxyl groups excluding tert-OH is 1. The van der Waals surface area contributed by atoms with Crippen LogP contribution in [0.1, 0.15) is 30.3 Å². The van der Waals surface area contributed by atoms with E-state index in [2.05, 4.69) is 4.98 Å². The van der Waals surface area contributed by atoms with Crippen molar-refractivity contribution in [2.24, 2.45) is 0 Å². The fourth-order valence-corrected chi connectivity index (χ4v) is 2.16. The highest BCUT2D eigenvalue weighted by atomic mass is 16.5. The van der Waals surface area contributed by atoms with Crippen LogP contribution < -0.4 is 4.74 Å². The number of hydrogen-bond acceptors (Lipinski definition) is 4. The molecule has 0 aliphatic carbocycles. The Labute approximate surface area is 130 Å². The lowest BCUT2D eigenvalue weighted by molar-refractivity contribution is -0.141. The van der Waals surface area contributed by atoms with Gasteiger partial charge in [-0.3, -0.25) is 9.78 Å². The van der Waals surface area contributed by atoms with Crippen LogP contribution in [0.15, 0.2) is 48.7 Å². The van der Waals surface area contributed by atoms with Gasteiger partial charge in [0.2, 0.25) is 0 Å². The lowest BCUT2D eigenvalue weighted by atomic mass is 10.1. The van der Waals surface area contributed by atoms with E-state index in [4.69, 9.17) is 4.74 Å². The molecule has 0 bridgehead atoms. The quantitative estimate of drug-likeness (QED) is 0.920. The van der Waals surface area contributed by atoms with Gasteiger partial charge in [0.05, 0.1) is 18.8 Å². The van der Waals surface area contributed by atoms with Gasteiger partial charge in [-0.25, -0.2) is 0 Å². The maximum absolute atomic E-state index is 12.5. The first-order chi connectivity index (χ1) is 10.5. The summed E-state index contributed by atoms with van der Waals surface area (Å²) in [6.45, 7) is 1.87. The van der Waals surface area contributed by atoms with Gasteiger partial charge in [0.25, 0.3) is 5.91 Å². The Kier molecular flexibility index (Phi) is 5.12. The molecular formula is C17H20N2O3. The summed E-state index contributed by atoms with van der Waals surface area (Å²) in [5.41, 5.74) is 1.28. The smallest absolute Gasteiger partial charge is 0.256 e. The third-order valence-corrected chi connectivity index (χ3v) is 3.69. The Bertz CT molecular complexity index is 631. The van der Waals surface area contributed by atoms with E-state index >= 15 is 0 Å². The number of nitrogens with zero attached hydrogens (tertiary/aromatic N) is 2. The van der Waals surface area contributed by atoms with E-state index in [1.165, 1.54) is 4.90 Å². The van der Waals surface area contributed by atoms with Crippen molar-refractivity contribution < 1.29 is 14.6 Å². The van der Waals surface area contributed by atoms with Gasteiger partial charge in [0, 0.05) is 13.2 Å². The molecule has 1 heterocycles. The number of benzene rings is 1. The number of carbonyl (C=O) groups excluding carboxylic acids is 1. The largest absolute Gasteiger partial charge is 0.497 e. The van der Waals surface area contributed by atoms with Crippen LogP contribution in [0.5, 0.6) is 5.75 Å². The first-order valence-corrected chi connectivity index (χ1v) is 7.04. The second kappa shape index (κ2) is 7.04. The zero-order chi connectivity index (χ0) is 16.1. The lowest BCUT2D eigenvalue weighted by Gasteiger charge is -2.27. The number of methoxy groups -OCH3 is 1. The van der Waals surface area contributed by atoms with E-state index in [-0.39, 0.29) is 11.9 Å². The minimum Gasteiger partial charge on any atom is -0.497 e. The molecule has 116 valence electrons. The van der Waals surface area contributed by atoms with E-state index in [9.17, 15) is 9.90 Å². The first kappa shape index (κ1) is 16.0. The number of pyridine rings is 1. The molecule has 1 aromatic carbocycles. The number of likely N-dealkylation sites (N-methyl/N-ethyl adjacent to an activating group) is 1. The van der Waals surface area contributed by atoms with Crippen molar-refractivity contribution in [1.82, 2.24) is 9.88 Å². The Morgan fingerprint density at radius 2 is 2.05 bits per heavy atom. The highest BCUT2D eigenvalue weighted by Gasteiger charge is 2.26. The molecule has 0 spiro atoms. The van der Waals surface area contributed by atoms with Crippen LogP contribution in [-0.4, -0.2) is 35.1 Å². The summed E-state index contributed by atoms with van der Waals surface area (Å²) in [4.78, 5) is 18.2. The zero-order valence-electron chi connectivity index (χ0n) is 12.9. The minimum atomic E-state index is -1.23. The molecule has 1 amide bonds. The van der Waals surface area contributed by atoms with Crippen LogP contribution >= 0.6 is 0 Å². The van der Waals surface area contributed by atoms with Gasteiger partial charge >= 0.3 is 0 Å². The Balaban J connectivity index is 2.15. The normalized spacial score (nSPS) is 13.3. The first-order valence-electron chi connectivity index (χ1n) is 7.04. The van der Waals surface area contributed by atoms with Gasteiger partial charge in [0.1, 0.15) is 5.75 Å². The summed E-state index contributed by atoms with van der Waals surface area (Å²) in [7, 11) is 3.20. The molecule has 5 nitrogen and oxygen atoms in total. The van der Waals surface area contributed by atoms with Crippen LogP contribution in [0.3, 0.4) is 0 Å². The average Bonchev–Trinajstić information content (AvgIpc) is 2.59. The molecular weight excluding hydrogens is 280 g/mol. The Morgan fingerprint density at radius 3 is 2.68 bits per heavy atom. The second-order valence-corrected chi connectivity index (χ2v) is 5.06. The van der Waals surface area contributed by atoms with Crippen molar-refractivity contribution in [3.8, 4) is 5.75 Å². The van der Waals surface area contributed by atoms with Crippen molar-refractivity contribution in [3.05, 3.63) is 59.9 Å². The molecule has 2 aromatic rings. The van der Waals surface area contributed by atoms with E-state index in [0.29, 0.717) is 11.3 Å². The Hall–Kier alpha value is -2.40. The zero-order valence-corrected chi connectivity index (χ0v) is 12.9. The second-order valence-electron chi connectivity index (χ2n) is 5.06. The van der Waals surface area contributed by atoms with E-state index in [1.807, 2.05) is 25.1 Å². The molecule has 0 saturated heterocycles. The molecule has 2 rings (SSSR count). The van der Waals surface area contributed by atoms with Gasteiger partial charge in [-0.1, -0.05) is 18.2 Å². The molecule has 2 atom stereocenters. The molecule has 0 radical (unpaired) electrons. The number of rotatable bonds is 5. The van der Waals surface area contributed by atoms with E-state index < -0.39 is 6.10 Å². The summed E-state index contributed by atoms with van der Waals surface area (Å²) >= 11 is 0. The topological polar surface area (TPSA) is 62.7 Å². The monoisotopic (exact) mass is 300 g/mol. The van der Waals surface area contributed by atoms with Crippen LogP contribution in [0.25, 0.3) is 0 Å². The number of carbonyl (C=O) groups is 1. The molecule has 0 fully saturated rings. The summed E-state index contributed by atoms with van der Waals surface area (Å²) in [6, 6.07) is 12.2. The summed E-state index contributed by atoms with van der Waals surface area (Å²) in [5.74, 6) is 0.219. The van der Waals surface area contributed by atoms with Gasteiger partial charge in [-0.05, 0) is 36.8 Å². The predicted molar refractivity (Wildman–Crippen MR) is 83.4 cm³/mol. The molecule has 1 aromatic heterocycles. The molecule has 22 heavy (non-hydrogen) atoms. The van der Waals surface area contributed by atoms with Crippen LogP contribution in [0.4, 0.5) is 0 Å². The summed E-state index contributed by atoms with van der Waals surface area (Å²) in [5, 5.41) is 10.3. The molecule has 0 saturated carbocycles. The SMILES string of the molecule is COc1cccc(C(O)C(=O)N(C)C(C)c2ccccn2)c1. The van der Waals surface area contributed by atoms with Gasteiger partial charge in [0.15, 0.2) is 6.10 Å². The molecule has 0 aliphatic heterocycles. The Morgan fingerprint density at radius 1 is 1.27 bits per heavy atom. The molecule has 1 N–H and O–H groups in total. The number of hydrogen-bond donors (Lipinski definition) is 1. The van der Waals surface area contributed by atoms with Crippen molar-refractivity contribution in [1.29, 1.82) is 0 Å². The minimum absolute atomic E-state index is 0.228. The van der Waals surface area contributed by atoms with Crippen molar-refractivity contribution in [2.45, 2.75) is 19.1 Å². The highest BCUT2D eigenvalue weighted by molar-refractivity contribution is 5.82. The van der Waals surface area contributed by atoms with Crippen LogP contribution in [0, 0.1) is 0 Å².